The monoisotopic (exact) mass is 326 g/mol. The van der Waals surface area contributed by atoms with Crippen LogP contribution in [0.3, 0.4) is 0 Å². The molecular weight excluding hydrogens is 296 g/mol. The van der Waals surface area contributed by atoms with Crippen LogP contribution in [0.4, 0.5) is 0 Å². The van der Waals surface area contributed by atoms with Crippen molar-refractivity contribution in [1.29, 1.82) is 0 Å². The van der Waals surface area contributed by atoms with E-state index in [1.807, 2.05) is 6.92 Å². The van der Waals surface area contributed by atoms with E-state index in [0.29, 0.717) is 6.54 Å². The number of hydrogen-bond acceptors (Lipinski definition) is 4. The molecule has 0 aromatic carbocycles. The number of aliphatic imine (C=N–C) groups is 1. The Morgan fingerprint density at radius 1 is 1.41 bits per heavy atom. The van der Waals surface area contributed by atoms with Crippen molar-refractivity contribution in [3.8, 4) is 0 Å². The molecule has 6 heteroatoms. The van der Waals surface area contributed by atoms with Crippen molar-refractivity contribution in [3.05, 3.63) is 16.1 Å². The first-order valence-electron chi connectivity index (χ1n) is 7.82. The van der Waals surface area contributed by atoms with Crippen molar-refractivity contribution in [1.82, 2.24) is 15.6 Å². The molecule has 2 N–H and O–H groups in total. The van der Waals surface area contributed by atoms with E-state index in [0.717, 1.165) is 36.2 Å². The SMILES string of the molecule is CCNC(=NCC(OC)C(C)(C)C)NCCc1csc(C)n1. The summed E-state index contributed by atoms with van der Waals surface area (Å²) in [5.74, 6) is 0.834. The summed E-state index contributed by atoms with van der Waals surface area (Å²) >= 11 is 1.69. The van der Waals surface area contributed by atoms with Crippen LogP contribution >= 0.6 is 11.3 Å². The van der Waals surface area contributed by atoms with Crippen molar-refractivity contribution in [3.63, 3.8) is 0 Å². The zero-order valence-electron chi connectivity index (χ0n) is 14.7. The number of aryl methyl sites for hydroxylation is 1. The molecular formula is C16H30N4OS. The van der Waals surface area contributed by atoms with Crippen LogP contribution in [0.5, 0.6) is 0 Å². The second kappa shape index (κ2) is 9.10. The Labute approximate surface area is 138 Å². The molecule has 1 aromatic rings. The molecule has 0 amide bonds. The first-order valence-corrected chi connectivity index (χ1v) is 8.70. The molecule has 0 spiro atoms. The molecule has 0 bridgehead atoms. The highest BCUT2D eigenvalue weighted by Gasteiger charge is 2.24. The number of ether oxygens (including phenoxy) is 1. The lowest BCUT2D eigenvalue weighted by atomic mass is 9.89. The number of hydrogen-bond donors (Lipinski definition) is 2. The van der Waals surface area contributed by atoms with Gasteiger partial charge in [0.1, 0.15) is 0 Å². The summed E-state index contributed by atoms with van der Waals surface area (Å²) in [6, 6.07) is 0. The Balaban J connectivity index is 2.51. The van der Waals surface area contributed by atoms with Crippen LogP contribution in [-0.4, -0.2) is 43.8 Å². The topological polar surface area (TPSA) is 58.5 Å². The quantitative estimate of drug-likeness (QED) is 0.597. The number of aromatic nitrogens is 1. The van der Waals surface area contributed by atoms with Gasteiger partial charge < -0.3 is 15.4 Å². The summed E-state index contributed by atoms with van der Waals surface area (Å²) in [5, 5.41) is 9.86. The fraction of sp³-hybridized carbons (Fsp3) is 0.750. The summed E-state index contributed by atoms with van der Waals surface area (Å²) in [5.41, 5.74) is 1.21. The summed E-state index contributed by atoms with van der Waals surface area (Å²) in [6.07, 6.45) is 1.01. The van der Waals surface area contributed by atoms with Gasteiger partial charge in [-0.15, -0.1) is 11.3 Å². The zero-order valence-corrected chi connectivity index (χ0v) is 15.5. The summed E-state index contributed by atoms with van der Waals surface area (Å²) in [6.45, 7) is 12.9. The molecule has 5 nitrogen and oxygen atoms in total. The fourth-order valence-electron chi connectivity index (χ4n) is 2.05. The predicted molar refractivity (Wildman–Crippen MR) is 94.8 cm³/mol. The van der Waals surface area contributed by atoms with Gasteiger partial charge >= 0.3 is 0 Å². The number of thiazole rings is 1. The van der Waals surface area contributed by atoms with E-state index in [1.54, 1.807) is 18.4 Å². The van der Waals surface area contributed by atoms with Crippen LogP contribution < -0.4 is 10.6 Å². The van der Waals surface area contributed by atoms with Gasteiger partial charge in [-0.3, -0.25) is 4.99 Å². The van der Waals surface area contributed by atoms with Gasteiger partial charge in [-0.1, -0.05) is 20.8 Å². The van der Waals surface area contributed by atoms with E-state index in [-0.39, 0.29) is 11.5 Å². The molecule has 1 rings (SSSR count). The van der Waals surface area contributed by atoms with Gasteiger partial charge in [0.05, 0.1) is 23.4 Å². The van der Waals surface area contributed by atoms with Crippen molar-refractivity contribution >= 4 is 17.3 Å². The lowest BCUT2D eigenvalue weighted by Crippen LogP contribution is -2.40. The zero-order chi connectivity index (χ0) is 16.6. The van der Waals surface area contributed by atoms with Gasteiger partial charge in [-0.2, -0.15) is 0 Å². The molecule has 0 saturated heterocycles. The minimum Gasteiger partial charge on any atom is -0.379 e. The highest BCUT2D eigenvalue weighted by atomic mass is 32.1. The summed E-state index contributed by atoms with van der Waals surface area (Å²) < 4.78 is 5.55. The Bertz CT molecular complexity index is 465. The number of guanidine groups is 1. The third-order valence-electron chi connectivity index (χ3n) is 3.35. The van der Waals surface area contributed by atoms with Crippen molar-refractivity contribution in [2.75, 3.05) is 26.7 Å². The lowest BCUT2D eigenvalue weighted by Gasteiger charge is -2.28. The van der Waals surface area contributed by atoms with Crippen LogP contribution in [0.2, 0.25) is 0 Å². The van der Waals surface area contributed by atoms with Crippen LogP contribution in [-0.2, 0) is 11.2 Å². The van der Waals surface area contributed by atoms with Crippen LogP contribution in [0.15, 0.2) is 10.4 Å². The van der Waals surface area contributed by atoms with E-state index in [9.17, 15) is 0 Å². The van der Waals surface area contributed by atoms with Gasteiger partial charge in [-0.25, -0.2) is 4.98 Å². The van der Waals surface area contributed by atoms with Gasteiger partial charge in [0, 0.05) is 32.0 Å². The molecule has 1 aromatic heterocycles. The molecule has 0 aliphatic heterocycles. The predicted octanol–water partition coefficient (Wildman–Crippen LogP) is 2.61. The normalized spacial score (nSPS) is 14.0. The molecule has 22 heavy (non-hydrogen) atoms. The summed E-state index contributed by atoms with van der Waals surface area (Å²) in [4.78, 5) is 9.11. The van der Waals surface area contributed by atoms with E-state index >= 15 is 0 Å². The molecule has 1 unspecified atom stereocenters. The van der Waals surface area contributed by atoms with Crippen molar-refractivity contribution < 1.29 is 4.74 Å². The van der Waals surface area contributed by atoms with Gasteiger partial charge in [0.15, 0.2) is 5.96 Å². The Hall–Kier alpha value is -1.14. The fourth-order valence-corrected chi connectivity index (χ4v) is 2.70. The van der Waals surface area contributed by atoms with Gasteiger partial charge in [0.2, 0.25) is 0 Å². The number of nitrogens with zero attached hydrogens (tertiary/aromatic N) is 2. The average Bonchev–Trinajstić information content (AvgIpc) is 2.83. The molecule has 1 heterocycles. The highest BCUT2D eigenvalue weighted by Crippen LogP contribution is 2.21. The smallest absolute Gasteiger partial charge is 0.191 e. The number of methoxy groups -OCH3 is 1. The van der Waals surface area contributed by atoms with Crippen LogP contribution in [0, 0.1) is 12.3 Å². The second-order valence-electron chi connectivity index (χ2n) is 6.34. The van der Waals surface area contributed by atoms with Crippen molar-refractivity contribution in [2.45, 2.75) is 47.1 Å². The molecule has 126 valence electrons. The maximum Gasteiger partial charge on any atom is 0.191 e. The number of rotatable bonds is 7. The minimum atomic E-state index is 0.0771. The maximum absolute atomic E-state index is 5.55. The molecule has 0 radical (unpaired) electrons. The Kier molecular flexibility index (Phi) is 7.82. The van der Waals surface area contributed by atoms with Crippen LogP contribution in [0.25, 0.3) is 0 Å². The first-order chi connectivity index (χ1) is 10.4. The van der Waals surface area contributed by atoms with E-state index < -0.39 is 0 Å². The highest BCUT2D eigenvalue weighted by molar-refractivity contribution is 7.09. The van der Waals surface area contributed by atoms with Gasteiger partial charge in [-0.05, 0) is 19.3 Å². The molecule has 0 fully saturated rings. The molecule has 0 aliphatic carbocycles. The van der Waals surface area contributed by atoms with Crippen LogP contribution in [0.1, 0.15) is 38.4 Å². The largest absolute Gasteiger partial charge is 0.379 e. The maximum atomic E-state index is 5.55. The molecule has 1 atom stereocenters. The van der Waals surface area contributed by atoms with Crippen molar-refractivity contribution in [2.24, 2.45) is 10.4 Å². The third-order valence-corrected chi connectivity index (χ3v) is 4.17. The number of nitrogens with one attached hydrogen (secondary N) is 2. The minimum absolute atomic E-state index is 0.0771. The third kappa shape index (κ3) is 6.75. The Morgan fingerprint density at radius 2 is 2.14 bits per heavy atom. The summed E-state index contributed by atoms with van der Waals surface area (Å²) in [7, 11) is 1.75. The first kappa shape index (κ1) is 18.9. The molecule has 0 aliphatic rings. The second-order valence-corrected chi connectivity index (χ2v) is 7.41. The average molecular weight is 327 g/mol. The standard InChI is InChI=1S/C16H30N4OS/c1-7-17-15(19-10-14(21-6)16(3,4)5)18-9-8-13-11-22-12(2)20-13/h11,14H,7-10H2,1-6H3,(H2,17,18,19). The van der Waals surface area contributed by atoms with E-state index in [4.69, 9.17) is 4.74 Å². The Morgan fingerprint density at radius 3 is 2.64 bits per heavy atom. The van der Waals surface area contributed by atoms with E-state index in [2.05, 4.69) is 53.7 Å². The van der Waals surface area contributed by atoms with Gasteiger partial charge in [0.25, 0.3) is 0 Å². The molecule has 0 saturated carbocycles. The lowest BCUT2D eigenvalue weighted by molar-refractivity contribution is 0.0241. The van der Waals surface area contributed by atoms with E-state index in [1.165, 1.54) is 0 Å².